The molecule has 0 aliphatic carbocycles. The number of rotatable bonds is 5. The van der Waals surface area contributed by atoms with Gasteiger partial charge in [0.2, 0.25) is 16.1 Å². The van der Waals surface area contributed by atoms with Crippen LogP contribution in [0.5, 0.6) is 0 Å². The molecule has 0 aromatic heterocycles. The van der Waals surface area contributed by atoms with Crippen LogP contribution in [0.3, 0.4) is 0 Å². The van der Waals surface area contributed by atoms with Crippen LogP contribution >= 0.6 is 0 Å². The van der Waals surface area contributed by atoms with E-state index >= 15 is 0 Å². The Balaban J connectivity index is 2.61. The van der Waals surface area contributed by atoms with E-state index in [1.54, 1.807) is 0 Å². The minimum Gasteiger partial charge on any atom is -0.212 e. The molecule has 1 saturated heterocycles. The van der Waals surface area contributed by atoms with E-state index in [9.17, 15) is 13.2 Å². The Morgan fingerprint density at radius 2 is 2.18 bits per heavy atom. The highest BCUT2D eigenvalue weighted by atomic mass is 32.2. The molecule has 0 radical (unpaired) electrons. The molecule has 1 aliphatic rings. The highest BCUT2D eigenvalue weighted by Gasteiger charge is 2.28. The topological polar surface area (TPSA) is 66.8 Å². The summed E-state index contributed by atoms with van der Waals surface area (Å²) in [4.78, 5) is 13.8. The largest absolute Gasteiger partial charge is 0.235 e. The third-order valence-corrected chi connectivity index (χ3v) is 4.81. The van der Waals surface area contributed by atoms with E-state index in [1.807, 2.05) is 13.8 Å². The summed E-state index contributed by atoms with van der Waals surface area (Å²) >= 11 is 0. The Morgan fingerprint density at radius 1 is 1.47 bits per heavy atom. The molecule has 17 heavy (non-hydrogen) atoms. The zero-order valence-electron chi connectivity index (χ0n) is 10.4. The fourth-order valence-corrected chi connectivity index (χ4v) is 3.70. The summed E-state index contributed by atoms with van der Waals surface area (Å²) in [6, 6.07) is -0.213. The summed E-state index contributed by atoms with van der Waals surface area (Å²) in [6.07, 6.45) is 3.71. The SMILES string of the molecule is CC(C)CCS(=O)(=O)N1CCCC(N=C=O)C1. The second-order valence-corrected chi connectivity index (χ2v) is 6.96. The number of nitrogens with zero attached hydrogens (tertiary/aromatic N) is 2. The maximum absolute atomic E-state index is 12.0. The van der Waals surface area contributed by atoms with Gasteiger partial charge in [-0.1, -0.05) is 13.8 Å². The van der Waals surface area contributed by atoms with Gasteiger partial charge >= 0.3 is 0 Å². The van der Waals surface area contributed by atoms with Gasteiger partial charge in [0.1, 0.15) is 0 Å². The van der Waals surface area contributed by atoms with Crippen molar-refractivity contribution >= 4 is 16.1 Å². The lowest BCUT2D eigenvalue weighted by atomic mass is 10.1. The van der Waals surface area contributed by atoms with Gasteiger partial charge < -0.3 is 0 Å². The molecule has 98 valence electrons. The number of isocyanates is 1. The molecule has 1 heterocycles. The number of hydrogen-bond acceptors (Lipinski definition) is 4. The summed E-state index contributed by atoms with van der Waals surface area (Å²) in [5.41, 5.74) is 0. The molecule has 0 N–H and O–H groups in total. The smallest absolute Gasteiger partial charge is 0.212 e. The zero-order chi connectivity index (χ0) is 12.9. The van der Waals surface area contributed by atoms with Crippen molar-refractivity contribution in [1.29, 1.82) is 0 Å². The van der Waals surface area contributed by atoms with E-state index in [1.165, 1.54) is 10.4 Å². The van der Waals surface area contributed by atoms with Gasteiger partial charge in [-0.2, -0.15) is 4.31 Å². The maximum atomic E-state index is 12.0. The van der Waals surface area contributed by atoms with Crippen LogP contribution in [0.2, 0.25) is 0 Å². The molecule has 0 amide bonds. The average molecular weight is 260 g/mol. The van der Waals surface area contributed by atoms with Gasteiger partial charge in [0.05, 0.1) is 11.8 Å². The van der Waals surface area contributed by atoms with E-state index in [2.05, 4.69) is 4.99 Å². The summed E-state index contributed by atoms with van der Waals surface area (Å²) in [5.74, 6) is 0.556. The molecule has 0 bridgehead atoms. The predicted molar refractivity (Wildman–Crippen MR) is 66.0 cm³/mol. The lowest BCUT2D eigenvalue weighted by molar-refractivity contribution is 0.315. The van der Waals surface area contributed by atoms with Crippen LogP contribution in [0.4, 0.5) is 0 Å². The third-order valence-electron chi connectivity index (χ3n) is 2.94. The molecule has 0 saturated carbocycles. The standard InChI is InChI=1S/C11H20N2O3S/c1-10(2)5-7-17(15,16)13-6-3-4-11(8-13)12-9-14/h10-11H,3-8H2,1-2H3. The van der Waals surface area contributed by atoms with E-state index in [4.69, 9.17) is 0 Å². The zero-order valence-corrected chi connectivity index (χ0v) is 11.2. The van der Waals surface area contributed by atoms with E-state index < -0.39 is 10.0 Å². The normalized spacial score (nSPS) is 22.4. The lowest BCUT2D eigenvalue weighted by Gasteiger charge is -2.29. The van der Waals surface area contributed by atoms with Crippen molar-refractivity contribution in [2.45, 2.75) is 39.2 Å². The minimum atomic E-state index is -3.19. The van der Waals surface area contributed by atoms with Crippen LogP contribution < -0.4 is 0 Å². The second-order valence-electron chi connectivity index (χ2n) is 4.87. The molecule has 1 unspecified atom stereocenters. The molecular weight excluding hydrogens is 240 g/mol. The third kappa shape index (κ3) is 4.58. The van der Waals surface area contributed by atoms with Gasteiger partial charge in [-0.15, -0.1) is 0 Å². The number of hydrogen-bond donors (Lipinski definition) is 0. The van der Waals surface area contributed by atoms with Crippen LogP contribution in [0.15, 0.2) is 4.99 Å². The fourth-order valence-electron chi connectivity index (χ4n) is 1.87. The summed E-state index contributed by atoms with van der Waals surface area (Å²) in [7, 11) is -3.19. The fraction of sp³-hybridized carbons (Fsp3) is 0.909. The number of carbonyl (C=O) groups excluding carboxylic acids is 1. The maximum Gasteiger partial charge on any atom is 0.235 e. The van der Waals surface area contributed by atoms with Crippen LogP contribution in [-0.4, -0.2) is 43.7 Å². The van der Waals surface area contributed by atoms with Gasteiger partial charge in [-0.25, -0.2) is 18.2 Å². The van der Waals surface area contributed by atoms with Crippen LogP contribution in [-0.2, 0) is 14.8 Å². The summed E-state index contributed by atoms with van der Waals surface area (Å²) in [5, 5.41) is 0. The average Bonchev–Trinajstić information content (AvgIpc) is 2.27. The summed E-state index contributed by atoms with van der Waals surface area (Å²) in [6.45, 7) is 4.89. The number of sulfonamides is 1. The predicted octanol–water partition coefficient (Wildman–Crippen LogP) is 1.16. The second kappa shape index (κ2) is 6.28. The van der Waals surface area contributed by atoms with Crippen molar-refractivity contribution in [3.8, 4) is 0 Å². The highest BCUT2D eigenvalue weighted by molar-refractivity contribution is 7.89. The molecule has 1 fully saturated rings. The molecular formula is C11H20N2O3S. The van der Waals surface area contributed by atoms with Gasteiger partial charge in [0, 0.05) is 13.1 Å². The van der Waals surface area contributed by atoms with Crippen molar-refractivity contribution in [1.82, 2.24) is 4.31 Å². The highest BCUT2D eigenvalue weighted by Crippen LogP contribution is 2.17. The first kappa shape index (κ1) is 14.4. The van der Waals surface area contributed by atoms with Crippen molar-refractivity contribution in [2.24, 2.45) is 10.9 Å². The number of piperidine rings is 1. The van der Waals surface area contributed by atoms with Gasteiger partial charge in [-0.3, -0.25) is 0 Å². The number of aliphatic imine (C=N–C) groups is 1. The van der Waals surface area contributed by atoms with E-state index in [0.29, 0.717) is 25.4 Å². The van der Waals surface area contributed by atoms with E-state index in [0.717, 1.165) is 12.8 Å². The van der Waals surface area contributed by atoms with Crippen molar-refractivity contribution in [3.05, 3.63) is 0 Å². The molecule has 1 atom stereocenters. The molecule has 0 aromatic carbocycles. The Bertz CT molecular complexity index is 386. The molecule has 6 heteroatoms. The molecule has 1 rings (SSSR count). The Hall–Kier alpha value is -0.710. The first-order valence-electron chi connectivity index (χ1n) is 6.00. The van der Waals surface area contributed by atoms with Gasteiger partial charge in [-0.05, 0) is 25.2 Å². The first-order chi connectivity index (χ1) is 7.95. The Kier molecular flexibility index (Phi) is 5.31. The molecule has 0 spiro atoms. The van der Waals surface area contributed by atoms with Crippen LogP contribution in [0, 0.1) is 5.92 Å². The van der Waals surface area contributed by atoms with Crippen molar-refractivity contribution in [2.75, 3.05) is 18.8 Å². The van der Waals surface area contributed by atoms with Gasteiger partial charge in [0.15, 0.2) is 0 Å². The Morgan fingerprint density at radius 3 is 2.76 bits per heavy atom. The van der Waals surface area contributed by atoms with Crippen molar-refractivity contribution in [3.63, 3.8) is 0 Å². The summed E-state index contributed by atoms with van der Waals surface area (Å²) < 4.78 is 25.5. The Labute approximate surface area is 103 Å². The molecule has 5 nitrogen and oxygen atoms in total. The first-order valence-corrected chi connectivity index (χ1v) is 7.61. The molecule has 0 aromatic rings. The van der Waals surface area contributed by atoms with E-state index in [-0.39, 0.29) is 11.8 Å². The lowest BCUT2D eigenvalue weighted by Crippen LogP contribution is -2.42. The van der Waals surface area contributed by atoms with Crippen LogP contribution in [0.25, 0.3) is 0 Å². The quantitative estimate of drug-likeness (QED) is 0.550. The van der Waals surface area contributed by atoms with Gasteiger partial charge in [0.25, 0.3) is 0 Å². The minimum absolute atomic E-state index is 0.183. The van der Waals surface area contributed by atoms with Crippen LogP contribution in [0.1, 0.15) is 33.1 Å². The van der Waals surface area contributed by atoms with Crippen molar-refractivity contribution < 1.29 is 13.2 Å². The molecule has 1 aliphatic heterocycles. The monoisotopic (exact) mass is 260 g/mol.